The predicted molar refractivity (Wildman–Crippen MR) is 64.1 cm³/mol. The second kappa shape index (κ2) is 6.31. The van der Waals surface area contributed by atoms with Crippen molar-refractivity contribution in [2.24, 2.45) is 5.73 Å². The molecule has 94 valence electrons. The summed E-state index contributed by atoms with van der Waals surface area (Å²) in [5.41, 5.74) is 5.70. The van der Waals surface area contributed by atoms with Crippen LogP contribution in [0.25, 0.3) is 0 Å². The van der Waals surface area contributed by atoms with Crippen LogP contribution in [0.15, 0.2) is 5.38 Å². The number of carbonyl (C=O) groups excluding carboxylic acids is 1. The van der Waals surface area contributed by atoms with Gasteiger partial charge >= 0.3 is 5.97 Å². The second-order valence-corrected chi connectivity index (χ2v) is 4.58. The maximum Gasteiger partial charge on any atom is 0.305 e. The van der Waals surface area contributed by atoms with E-state index >= 15 is 0 Å². The highest BCUT2D eigenvalue weighted by molar-refractivity contribution is 7.09. The molecule has 1 unspecified atom stereocenters. The van der Waals surface area contributed by atoms with Crippen LogP contribution in [0, 0.1) is 0 Å². The van der Waals surface area contributed by atoms with Gasteiger partial charge in [0.05, 0.1) is 11.4 Å². The van der Waals surface area contributed by atoms with E-state index in [0.717, 1.165) is 5.01 Å². The number of aliphatic carboxylic acids is 1. The van der Waals surface area contributed by atoms with Gasteiger partial charge in [0.25, 0.3) is 5.91 Å². The van der Waals surface area contributed by atoms with Crippen molar-refractivity contribution in [1.29, 1.82) is 0 Å². The molecule has 0 aliphatic rings. The molecule has 0 aliphatic heterocycles. The number of hydrogen-bond donors (Lipinski definition) is 3. The quantitative estimate of drug-likeness (QED) is 0.677. The van der Waals surface area contributed by atoms with E-state index in [4.69, 9.17) is 10.8 Å². The third kappa shape index (κ3) is 4.49. The van der Waals surface area contributed by atoms with Crippen molar-refractivity contribution in [1.82, 2.24) is 10.3 Å². The van der Waals surface area contributed by atoms with Crippen molar-refractivity contribution in [3.8, 4) is 0 Å². The van der Waals surface area contributed by atoms with Gasteiger partial charge in [-0.25, -0.2) is 4.98 Å². The van der Waals surface area contributed by atoms with Gasteiger partial charge in [-0.15, -0.1) is 11.3 Å². The Hall–Kier alpha value is -1.47. The molecule has 1 atom stereocenters. The molecule has 0 radical (unpaired) electrons. The van der Waals surface area contributed by atoms with Crippen LogP contribution in [0.4, 0.5) is 0 Å². The van der Waals surface area contributed by atoms with Crippen molar-refractivity contribution in [3.63, 3.8) is 0 Å². The number of nitrogens with two attached hydrogens (primary N) is 1. The number of nitrogens with zero attached hydrogens (tertiary/aromatic N) is 1. The van der Waals surface area contributed by atoms with Crippen LogP contribution in [0.2, 0.25) is 0 Å². The average molecular weight is 257 g/mol. The van der Waals surface area contributed by atoms with Gasteiger partial charge in [0.2, 0.25) is 0 Å². The molecular weight excluding hydrogens is 242 g/mol. The number of rotatable bonds is 6. The van der Waals surface area contributed by atoms with E-state index in [1.807, 2.05) is 0 Å². The van der Waals surface area contributed by atoms with Gasteiger partial charge in [0.15, 0.2) is 0 Å². The standard InChI is InChI=1S/C10H15N3O3S/c1-6(4-9(14)15)12-10(16)7-5-17-8(13-7)2-3-11/h5-6H,2-4,11H2,1H3,(H,12,16)(H,14,15). The summed E-state index contributed by atoms with van der Waals surface area (Å²) in [4.78, 5) is 26.2. The summed E-state index contributed by atoms with van der Waals surface area (Å²) < 4.78 is 0. The lowest BCUT2D eigenvalue weighted by Crippen LogP contribution is -2.34. The van der Waals surface area contributed by atoms with Crippen LogP contribution in [-0.2, 0) is 11.2 Å². The normalized spacial score (nSPS) is 12.1. The van der Waals surface area contributed by atoms with Crippen LogP contribution < -0.4 is 11.1 Å². The van der Waals surface area contributed by atoms with E-state index in [1.165, 1.54) is 11.3 Å². The minimum Gasteiger partial charge on any atom is -0.481 e. The molecule has 0 saturated heterocycles. The topological polar surface area (TPSA) is 105 Å². The average Bonchev–Trinajstić information content (AvgIpc) is 2.65. The molecule has 7 heteroatoms. The Balaban J connectivity index is 2.54. The third-order valence-corrected chi connectivity index (χ3v) is 2.91. The fourth-order valence-electron chi connectivity index (χ4n) is 1.26. The summed E-state index contributed by atoms with van der Waals surface area (Å²) in [7, 11) is 0. The molecule has 0 fully saturated rings. The van der Waals surface area contributed by atoms with E-state index < -0.39 is 12.0 Å². The predicted octanol–water partition coefficient (Wildman–Crippen LogP) is 0.237. The van der Waals surface area contributed by atoms with E-state index in [-0.39, 0.29) is 12.3 Å². The zero-order valence-corrected chi connectivity index (χ0v) is 10.3. The minimum atomic E-state index is -0.945. The molecule has 17 heavy (non-hydrogen) atoms. The van der Waals surface area contributed by atoms with Gasteiger partial charge in [-0.1, -0.05) is 0 Å². The number of hydrogen-bond acceptors (Lipinski definition) is 5. The lowest BCUT2D eigenvalue weighted by Gasteiger charge is -2.09. The smallest absolute Gasteiger partial charge is 0.305 e. The lowest BCUT2D eigenvalue weighted by atomic mass is 10.2. The fourth-order valence-corrected chi connectivity index (χ4v) is 2.06. The summed E-state index contributed by atoms with van der Waals surface area (Å²) >= 11 is 1.38. The molecule has 0 aliphatic carbocycles. The van der Waals surface area contributed by atoms with Crippen LogP contribution in [0.5, 0.6) is 0 Å². The molecule has 1 rings (SSSR count). The molecule has 0 spiro atoms. The first-order valence-corrected chi connectivity index (χ1v) is 6.08. The molecule has 1 heterocycles. The third-order valence-electron chi connectivity index (χ3n) is 2.00. The largest absolute Gasteiger partial charge is 0.481 e. The number of nitrogens with one attached hydrogen (secondary N) is 1. The number of carbonyl (C=O) groups is 2. The number of amides is 1. The van der Waals surface area contributed by atoms with E-state index in [0.29, 0.717) is 18.7 Å². The molecule has 1 aromatic rings. The monoisotopic (exact) mass is 257 g/mol. The molecule has 1 amide bonds. The highest BCUT2D eigenvalue weighted by Gasteiger charge is 2.14. The highest BCUT2D eigenvalue weighted by atomic mass is 32.1. The number of thiazole rings is 1. The first-order chi connectivity index (χ1) is 8.02. The first kappa shape index (κ1) is 13.6. The molecule has 0 bridgehead atoms. The summed E-state index contributed by atoms with van der Waals surface area (Å²) in [6, 6.07) is -0.417. The molecule has 4 N–H and O–H groups in total. The molecule has 1 aromatic heterocycles. The zero-order chi connectivity index (χ0) is 12.8. The number of carboxylic acids is 1. The van der Waals surface area contributed by atoms with Gasteiger partial charge in [-0.2, -0.15) is 0 Å². The molecule has 6 nitrogen and oxygen atoms in total. The van der Waals surface area contributed by atoms with E-state index in [1.54, 1.807) is 12.3 Å². The Bertz CT molecular complexity index is 405. The van der Waals surface area contributed by atoms with Crippen molar-refractivity contribution < 1.29 is 14.7 Å². The zero-order valence-electron chi connectivity index (χ0n) is 9.47. The second-order valence-electron chi connectivity index (χ2n) is 3.64. The van der Waals surface area contributed by atoms with Gasteiger partial charge in [0.1, 0.15) is 5.69 Å². The van der Waals surface area contributed by atoms with Gasteiger partial charge < -0.3 is 16.2 Å². The maximum absolute atomic E-state index is 11.7. The molecular formula is C10H15N3O3S. The molecule has 0 saturated carbocycles. The van der Waals surface area contributed by atoms with E-state index in [2.05, 4.69) is 10.3 Å². The number of aromatic nitrogens is 1. The Labute approximate surface area is 103 Å². The Morgan fingerprint density at radius 3 is 2.94 bits per heavy atom. The van der Waals surface area contributed by atoms with Crippen molar-refractivity contribution in [2.45, 2.75) is 25.8 Å². The molecule has 0 aromatic carbocycles. The SMILES string of the molecule is CC(CC(=O)O)NC(=O)c1csc(CCN)n1. The summed E-state index contributed by atoms with van der Waals surface area (Å²) in [5.74, 6) is -1.29. The highest BCUT2D eigenvalue weighted by Crippen LogP contribution is 2.10. The van der Waals surface area contributed by atoms with Crippen LogP contribution in [0.3, 0.4) is 0 Å². The van der Waals surface area contributed by atoms with Crippen LogP contribution in [-0.4, -0.2) is 34.6 Å². The van der Waals surface area contributed by atoms with Crippen molar-refractivity contribution in [3.05, 3.63) is 16.1 Å². The summed E-state index contributed by atoms with van der Waals surface area (Å²) in [5, 5.41) is 13.6. The Morgan fingerprint density at radius 1 is 1.65 bits per heavy atom. The van der Waals surface area contributed by atoms with Gasteiger partial charge in [-0.05, 0) is 13.5 Å². The van der Waals surface area contributed by atoms with Crippen molar-refractivity contribution >= 4 is 23.2 Å². The van der Waals surface area contributed by atoms with E-state index in [9.17, 15) is 9.59 Å². The Morgan fingerprint density at radius 2 is 2.35 bits per heavy atom. The summed E-state index contributed by atoms with van der Waals surface area (Å²) in [6.45, 7) is 2.13. The fraction of sp³-hybridized carbons (Fsp3) is 0.500. The lowest BCUT2D eigenvalue weighted by molar-refractivity contribution is -0.137. The van der Waals surface area contributed by atoms with Crippen LogP contribution >= 0.6 is 11.3 Å². The maximum atomic E-state index is 11.7. The van der Waals surface area contributed by atoms with Crippen molar-refractivity contribution in [2.75, 3.05) is 6.54 Å². The minimum absolute atomic E-state index is 0.106. The van der Waals surface area contributed by atoms with Crippen LogP contribution in [0.1, 0.15) is 28.8 Å². The first-order valence-electron chi connectivity index (χ1n) is 5.20. The van der Waals surface area contributed by atoms with Gasteiger partial charge in [-0.3, -0.25) is 9.59 Å². The summed E-state index contributed by atoms with van der Waals surface area (Å²) in [6.07, 6.45) is 0.536. The number of carboxylic acid groups (broad SMARTS) is 1. The Kier molecular flexibility index (Phi) is 5.05. The van der Waals surface area contributed by atoms with Gasteiger partial charge in [0, 0.05) is 17.8 Å².